The number of ether oxygens (including phenoxy) is 1. The first-order valence-electron chi connectivity index (χ1n) is 6.64. The number of nitro benzene ring substituents is 1. The number of nitrogens with zero attached hydrogens (tertiary/aromatic N) is 2. The van der Waals surface area contributed by atoms with E-state index in [0.29, 0.717) is 0 Å². The van der Waals surface area contributed by atoms with E-state index in [1.807, 2.05) is 0 Å². The molecule has 1 fully saturated rings. The van der Waals surface area contributed by atoms with Gasteiger partial charge in [-0.2, -0.15) is 4.31 Å². The van der Waals surface area contributed by atoms with Crippen LogP contribution in [-0.2, 0) is 19.6 Å². The second kappa shape index (κ2) is 6.89. The van der Waals surface area contributed by atoms with Gasteiger partial charge in [-0.05, 0) is 6.07 Å². The maximum atomic E-state index is 12.7. The third kappa shape index (κ3) is 3.94. The van der Waals surface area contributed by atoms with Gasteiger partial charge in [-0.1, -0.05) is 0 Å². The first-order chi connectivity index (χ1) is 10.8. The summed E-state index contributed by atoms with van der Waals surface area (Å²) in [7, 11) is -4.00. The van der Waals surface area contributed by atoms with E-state index < -0.39 is 33.1 Å². The van der Waals surface area contributed by atoms with Crippen LogP contribution in [0.15, 0.2) is 23.1 Å². The Labute approximate surface area is 131 Å². The normalized spacial score (nSPS) is 16.0. The van der Waals surface area contributed by atoms with Gasteiger partial charge in [0.15, 0.2) is 0 Å². The molecule has 1 saturated heterocycles. The zero-order chi connectivity index (χ0) is 17.0. The molecule has 0 aliphatic carbocycles. The van der Waals surface area contributed by atoms with Gasteiger partial charge in [0.1, 0.15) is 11.4 Å². The molecular formula is C12H15N3O7S. The van der Waals surface area contributed by atoms with Gasteiger partial charge in [-0.15, -0.1) is 0 Å². The molecule has 11 heteroatoms. The molecule has 2 N–H and O–H groups in total. The van der Waals surface area contributed by atoms with Gasteiger partial charge in [0.25, 0.3) is 5.69 Å². The Morgan fingerprint density at radius 3 is 2.61 bits per heavy atom. The summed E-state index contributed by atoms with van der Waals surface area (Å²) in [6.45, 7) is 0.203. The van der Waals surface area contributed by atoms with Crippen LogP contribution in [0.2, 0.25) is 0 Å². The molecule has 0 saturated carbocycles. The molecule has 0 spiro atoms. The zero-order valence-corrected chi connectivity index (χ0v) is 12.8. The van der Waals surface area contributed by atoms with Crippen LogP contribution >= 0.6 is 0 Å². The van der Waals surface area contributed by atoms with Gasteiger partial charge in [0, 0.05) is 25.2 Å². The summed E-state index contributed by atoms with van der Waals surface area (Å²) in [5, 5.41) is 22.1. The van der Waals surface area contributed by atoms with E-state index in [1.54, 1.807) is 0 Å². The summed E-state index contributed by atoms with van der Waals surface area (Å²) in [5.74, 6) is -1.18. The number of nitrogens with one attached hydrogen (secondary N) is 1. The quantitative estimate of drug-likeness (QED) is 0.547. The van der Waals surface area contributed by atoms with Crippen LogP contribution in [0.1, 0.15) is 0 Å². The fraction of sp³-hybridized carbons (Fsp3) is 0.417. The highest BCUT2D eigenvalue weighted by Gasteiger charge is 2.30. The fourth-order valence-corrected chi connectivity index (χ4v) is 3.68. The maximum absolute atomic E-state index is 12.7. The third-order valence-electron chi connectivity index (χ3n) is 3.19. The average molecular weight is 345 g/mol. The summed E-state index contributed by atoms with van der Waals surface area (Å²) in [6.07, 6.45) is 0. The van der Waals surface area contributed by atoms with E-state index in [-0.39, 0.29) is 36.9 Å². The van der Waals surface area contributed by atoms with Crippen LogP contribution in [0.3, 0.4) is 0 Å². The lowest BCUT2D eigenvalue weighted by molar-refractivity contribution is -0.385. The van der Waals surface area contributed by atoms with Crippen LogP contribution in [0.25, 0.3) is 0 Å². The topological polar surface area (TPSA) is 139 Å². The molecule has 0 bridgehead atoms. The second-order valence-corrected chi connectivity index (χ2v) is 6.61. The number of hydrogen-bond acceptors (Lipinski definition) is 7. The number of nitro groups is 1. The van der Waals surface area contributed by atoms with Gasteiger partial charge in [-0.25, -0.2) is 8.42 Å². The molecule has 10 nitrogen and oxygen atoms in total. The fourth-order valence-electron chi connectivity index (χ4n) is 2.08. The number of aliphatic carboxylic acids is 1. The summed E-state index contributed by atoms with van der Waals surface area (Å²) in [6, 6.07) is 3.23. The van der Waals surface area contributed by atoms with Crippen LogP contribution in [0.5, 0.6) is 0 Å². The second-order valence-electron chi connectivity index (χ2n) is 4.70. The Hall–Kier alpha value is -2.24. The van der Waals surface area contributed by atoms with E-state index in [1.165, 1.54) is 6.07 Å². The number of rotatable bonds is 6. The summed E-state index contributed by atoms with van der Waals surface area (Å²) < 4.78 is 31.6. The molecule has 1 aromatic rings. The van der Waals surface area contributed by atoms with Crippen molar-refractivity contribution >= 4 is 27.4 Å². The van der Waals surface area contributed by atoms with Crippen molar-refractivity contribution < 1.29 is 28.0 Å². The van der Waals surface area contributed by atoms with Crippen LogP contribution in [0.4, 0.5) is 11.4 Å². The van der Waals surface area contributed by atoms with Crippen LogP contribution in [-0.4, -0.2) is 61.6 Å². The molecule has 23 heavy (non-hydrogen) atoms. The lowest BCUT2D eigenvalue weighted by Gasteiger charge is -2.26. The number of sulfonamides is 1. The summed E-state index contributed by atoms with van der Waals surface area (Å²) >= 11 is 0. The Balaban J connectivity index is 2.44. The van der Waals surface area contributed by atoms with Crippen molar-refractivity contribution in [1.82, 2.24) is 4.31 Å². The van der Waals surface area contributed by atoms with Gasteiger partial charge < -0.3 is 15.2 Å². The molecule has 0 amide bonds. The Kier molecular flexibility index (Phi) is 5.13. The highest BCUT2D eigenvalue weighted by molar-refractivity contribution is 7.89. The monoisotopic (exact) mass is 345 g/mol. The number of carbonyl (C=O) groups is 1. The molecule has 1 aromatic carbocycles. The number of morpholine rings is 1. The predicted molar refractivity (Wildman–Crippen MR) is 78.8 cm³/mol. The van der Waals surface area contributed by atoms with Crippen molar-refractivity contribution in [3.63, 3.8) is 0 Å². The standard InChI is InChI=1S/C12H15N3O7S/c16-12(17)8-13-10-2-1-9(15(18)19)7-11(10)23(20,21)14-3-5-22-6-4-14/h1-2,7,13H,3-6,8H2,(H,16,17). The first-order valence-corrected chi connectivity index (χ1v) is 8.08. The Bertz CT molecular complexity index is 713. The van der Waals surface area contributed by atoms with E-state index in [2.05, 4.69) is 5.32 Å². The summed E-state index contributed by atoms with van der Waals surface area (Å²) in [5.41, 5.74) is -0.387. The molecule has 0 atom stereocenters. The summed E-state index contributed by atoms with van der Waals surface area (Å²) in [4.78, 5) is 20.5. The van der Waals surface area contributed by atoms with E-state index >= 15 is 0 Å². The van der Waals surface area contributed by atoms with Crippen molar-refractivity contribution in [2.45, 2.75) is 4.90 Å². The van der Waals surface area contributed by atoms with Gasteiger partial charge in [-0.3, -0.25) is 14.9 Å². The molecular weight excluding hydrogens is 330 g/mol. The van der Waals surface area contributed by atoms with Crippen LogP contribution < -0.4 is 5.32 Å². The average Bonchev–Trinajstić information content (AvgIpc) is 2.53. The molecule has 0 aromatic heterocycles. The molecule has 0 unspecified atom stereocenters. The minimum Gasteiger partial charge on any atom is -0.480 e. The van der Waals surface area contributed by atoms with Crippen molar-refractivity contribution in [3.05, 3.63) is 28.3 Å². The van der Waals surface area contributed by atoms with Crippen molar-refractivity contribution in [2.24, 2.45) is 0 Å². The van der Waals surface area contributed by atoms with E-state index in [4.69, 9.17) is 9.84 Å². The molecule has 2 rings (SSSR count). The first kappa shape index (κ1) is 17.1. The minimum atomic E-state index is -4.00. The minimum absolute atomic E-state index is 0.00416. The van der Waals surface area contributed by atoms with E-state index in [9.17, 15) is 23.3 Å². The SMILES string of the molecule is O=C(O)CNc1ccc([N+](=O)[O-])cc1S(=O)(=O)N1CCOCC1. The number of hydrogen-bond donors (Lipinski definition) is 2. The lowest BCUT2D eigenvalue weighted by Crippen LogP contribution is -2.40. The maximum Gasteiger partial charge on any atom is 0.322 e. The zero-order valence-electron chi connectivity index (χ0n) is 12.0. The number of carboxylic acid groups (broad SMARTS) is 1. The molecule has 1 aliphatic rings. The highest BCUT2D eigenvalue weighted by atomic mass is 32.2. The highest BCUT2D eigenvalue weighted by Crippen LogP contribution is 2.29. The molecule has 0 radical (unpaired) electrons. The number of non-ortho nitro benzene ring substituents is 1. The Morgan fingerprint density at radius 2 is 2.04 bits per heavy atom. The Morgan fingerprint density at radius 1 is 1.39 bits per heavy atom. The third-order valence-corrected chi connectivity index (χ3v) is 5.13. The number of benzene rings is 1. The van der Waals surface area contributed by atoms with Gasteiger partial charge in [0.2, 0.25) is 10.0 Å². The molecule has 126 valence electrons. The van der Waals surface area contributed by atoms with E-state index in [0.717, 1.165) is 16.4 Å². The van der Waals surface area contributed by atoms with Crippen LogP contribution in [0, 0.1) is 10.1 Å². The number of anilines is 1. The molecule has 1 aliphatic heterocycles. The smallest absolute Gasteiger partial charge is 0.322 e. The van der Waals surface area contributed by atoms with Crippen molar-refractivity contribution in [3.8, 4) is 0 Å². The largest absolute Gasteiger partial charge is 0.480 e. The van der Waals surface area contributed by atoms with Crippen molar-refractivity contribution in [2.75, 3.05) is 38.2 Å². The van der Waals surface area contributed by atoms with Gasteiger partial charge >= 0.3 is 5.97 Å². The van der Waals surface area contributed by atoms with Gasteiger partial charge in [0.05, 0.1) is 23.8 Å². The molecule has 1 heterocycles. The van der Waals surface area contributed by atoms with Crippen molar-refractivity contribution in [1.29, 1.82) is 0 Å². The number of carboxylic acids is 1. The lowest BCUT2D eigenvalue weighted by atomic mass is 10.3. The predicted octanol–water partition coefficient (Wildman–Crippen LogP) is 0.112.